The zero-order valence-corrected chi connectivity index (χ0v) is 30.0. The second-order valence-electron chi connectivity index (χ2n) is 12.7. The van der Waals surface area contributed by atoms with E-state index in [9.17, 15) is 0 Å². The van der Waals surface area contributed by atoms with Gasteiger partial charge in [0.15, 0.2) is 8.80 Å². The predicted molar refractivity (Wildman–Crippen MR) is 209 cm³/mol. The zero-order chi connectivity index (χ0) is 31.9. The molecule has 47 heavy (non-hydrogen) atoms. The summed E-state index contributed by atoms with van der Waals surface area (Å²) in [6, 6.07) is 55.2. The maximum atomic E-state index is 5.60. The molecule has 7 aromatic carbocycles. The highest BCUT2D eigenvalue weighted by Crippen LogP contribution is 2.52. The third-order valence-corrected chi connectivity index (χ3v) is 17.0. The summed E-state index contributed by atoms with van der Waals surface area (Å²) in [4.78, 5) is 0. The van der Waals surface area contributed by atoms with Crippen LogP contribution in [0.2, 0.25) is 13.1 Å². The highest BCUT2D eigenvalue weighted by Gasteiger charge is 2.31. The molecule has 0 fully saturated rings. The van der Waals surface area contributed by atoms with Crippen LogP contribution in [-0.2, 0) is 12.3 Å². The van der Waals surface area contributed by atoms with Gasteiger partial charge in [0.1, 0.15) is 5.75 Å². The van der Waals surface area contributed by atoms with Crippen LogP contribution in [0, 0.1) is 0 Å². The van der Waals surface area contributed by atoms with Crippen molar-refractivity contribution >= 4 is 73.1 Å². The molecular weight excluding hydrogens is 620 g/mol. The van der Waals surface area contributed by atoms with E-state index in [1.807, 2.05) is 0 Å². The zero-order valence-electron chi connectivity index (χ0n) is 27.1. The van der Waals surface area contributed by atoms with Gasteiger partial charge in [0, 0.05) is 0 Å². The van der Waals surface area contributed by atoms with Gasteiger partial charge in [-0.3, -0.25) is 0 Å². The van der Waals surface area contributed by atoms with E-state index in [-0.39, 0.29) is 0 Å². The topological polar surface area (TPSA) is 9.23 Å². The van der Waals surface area contributed by atoms with Crippen molar-refractivity contribution in [3.63, 3.8) is 0 Å². The molecule has 228 valence electrons. The summed E-state index contributed by atoms with van der Waals surface area (Å²) < 4.78 is 5.60. The molecule has 0 saturated heterocycles. The molecule has 0 unspecified atom stereocenters. The van der Waals surface area contributed by atoms with E-state index in [1.54, 1.807) is 17.6 Å². The lowest BCUT2D eigenvalue weighted by Gasteiger charge is -2.27. The molecule has 0 amide bonds. The predicted octanol–water partition coefficient (Wildman–Crippen LogP) is 7.97. The normalized spacial score (nSPS) is 13.1. The van der Waals surface area contributed by atoms with Crippen molar-refractivity contribution in [2.75, 3.05) is 7.11 Å². The Morgan fingerprint density at radius 3 is 1.60 bits per heavy atom. The van der Waals surface area contributed by atoms with Crippen molar-refractivity contribution in [3.05, 3.63) is 157 Å². The fraction of sp³-hybridized carbons (Fsp3) is 0.116. The summed E-state index contributed by atoms with van der Waals surface area (Å²) in [6.07, 6.45) is 2.15. The summed E-state index contributed by atoms with van der Waals surface area (Å²) in [5, 5.41) is 13.0. The van der Waals surface area contributed by atoms with Crippen molar-refractivity contribution in [1.29, 1.82) is 0 Å². The summed E-state index contributed by atoms with van der Waals surface area (Å²) in [7, 11) is -0.754. The van der Waals surface area contributed by atoms with Crippen molar-refractivity contribution in [3.8, 4) is 16.9 Å². The Morgan fingerprint density at radius 1 is 0.511 bits per heavy atom. The Balaban J connectivity index is 1.36. The van der Waals surface area contributed by atoms with E-state index in [1.165, 1.54) is 59.4 Å². The summed E-state index contributed by atoms with van der Waals surface area (Å²) in [5.74, 6) is 0.910. The van der Waals surface area contributed by atoms with E-state index in [4.69, 9.17) is 4.74 Å². The van der Waals surface area contributed by atoms with E-state index in [0.717, 1.165) is 18.1 Å². The van der Waals surface area contributed by atoms with Crippen LogP contribution in [0.5, 0.6) is 5.75 Å². The maximum Gasteiger partial charge on any atom is 0.155 e. The van der Waals surface area contributed by atoms with Crippen LogP contribution in [0.25, 0.3) is 32.7 Å². The molecule has 0 aromatic heterocycles. The molecule has 0 saturated carbocycles. The van der Waals surface area contributed by atoms with Gasteiger partial charge in [0.05, 0.1) is 15.9 Å². The van der Waals surface area contributed by atoms with Crippen LogP contribution in [0.3, 0.4) is 0 Å². The number of fused-ring (bicyclic) bond motifs is 7. The third kappa shape index (κ3) is 5.47. The molecule has 1 aliphatic rings. The number of benzene rings is 7. The van der Waals surface area contributed by atoms with Gasteiger partial charge in [-0.1, -0.05) is 170 Å². The Morgan fingerprint density at radius 2 is 1.02 bits per heavy atom. The SMILES string of the molecule is COc1ccc([Si](c2ccccc2[Si](C)C)c2ccccc2P2Cc3ccc4ccccc4c3-c3c(ccc4ccccc34)C2)cc1. The first kappa shape index (κ1) is 30.1. The van der Waals surface area contributed by atoms with Gasteiger partial charge in [-0.05, 0) is 78.7 Å². The van der Waals surface area contributed by atoms with Gasteiger partial charge < -0.3 is 4.74 Å². The van der Waals surface area contributed by atoms with Gasteiger partial charge in [-0.15, -0.1) is 0 Å². The smallest absolute Gasteiger partial charge is 0.155 e. The fourth-order valence-corrected chi connectivity index (χ4v) is 15.6. The molecule has 0 aliphatic carbocycles. The average molecular weight is 657 g/mol. The van der Waals surface area contributed by atoms with Gasteiger partial charge >= 0.3 is 0 Å². The third-order valence-electron chi connectivity index (χ3n) is 9.63. The molecule has 7 aromatic rings. The summed E-state index contributed by atoms with van der Waals surface area (Å²) in [6.45, 7) is 4.86. The molecule has 0 bridgehead atoms. The quantitative estimate of drug-likeness (QED) is 0.100. The first-order valence-corrected chi connectivity index (χ1v) is 22.1. The lowest BCUT2D eigenvalue weighted by molar-refractivity contribution is 0.415. The minimum absolute atomic E-state index is 0.537. The first-order valence-electron chi connectivity index (χ1n) is 16.4. The molecule has 4 heteroatoms. The van der Waals surface area contributed by atoms with Gasteiger partial charge in [-0.25, -0.2) is 0 Å². The van der Waals surface area contributed by atoms with Crippen LogP contribution in [-0.4, -0.2) is 24.7 Å². The number of hydrogen-bond acceptors (Lipinski definition) is 1. The van der Waals surface area contributed by atoms with Crippen molar-refractivity contribution < 1.29 is 4.74 Å². The van der Waals surface area contributed by atoms with E-state index in [2.05, 4.69) is 159 Å². The van der Waals surface area contributed by atoms with Crippen molar-refractivity contribution in [2.24, 2.45) is 0 Å². The fourth-order valence-electron chi connectivity index (χ4n) is 7.44. The minimum Gasteiger partial charge on any atom is -0.497 e. The lowest BCUT2D eigenvalue weighted by Crippen LogP contribution is -2.61. The standard InChI is InChI=1S/C43H37OPSi2/c1-44-34-24-26-35(27-25-34)47(41-19-11-10-18-40(41)46(2)3)39-17-9-8-16-38(39)45-28-32-22-20-30-12-4-6-14-36(30)42(32)43-33(29-45)23-21-31-13-5-7-15-37(31)43/h4-27H,28-29H2,1-3H3. The maximum absolute atomic E-state index is 5.60. The largest absolute Gasteiger partial charge is 0.497 e. The molecule has 1 nitrogen and oxygen atoms in total. The monoisotopic (exact) mass is 656 g/mol. The summed E-state index contributed by atoms with van der Waals surface area (Å²) >= 11 is 0. The van der Waals surface area contributed by atoms with Crippen LogP contribution in [0.15, 0.2) is 146 Å². The van der Waals surface area contributed by atoms with Crippen molar-refractivity contribution in [2.45, 2.75) is 25.4 Å². The summed E-state index contributed by atoms with van der Waals surface area (Å²) in [5.41, 5.74) is 5.83. The molecular formula is C43H37OPSi2. The highest BCUT2D eigenvalue weighted by atomic mass is 31.1. The van der Waals surface area contributed by atoms with Gasteiger partial charge in [0.25, 0.3) is 0 Å². The molecule has 0 atom stereocenters. The van der Waals surface area contributed by atoms with Crippen LogP contribution < -0.4 is 30.8 Å². The molecule has 2 radical (unpaired) electrons. The van der Waals surface area contributed by atoms with E-state index < -0.39 is 25.5 Å². The Labute approximate surface area is 282 Å². The van der Waals surface area contributed by atoms with Crippen LogP contribution in [0.1, 0.15) is 11.1 Å². The van der Waals surface area contributed by atoms with Gasteiger partial charge in [0.2, 0.25) is 0 Å². The van der Waals surface area contributed by atoms with Crippen LogP contribution >= 0.6 is 7.92 Å². The number of methoxy groups -OCH3 is 1. The van der Waals surface area contributed by atoms with E-state index in [0.29, 0.717) is 0 Å². The van der Waals surface area contributed by atoms with E-state index >= 15 is 0 Å². The number of hydrogen-bond donors (Lipinski definition) is 0. The number of rotatable bonds is 6. The molecule has 0 N–H and O–H groups in total. The average Bonchev–Trinajstić information content (AvgIpc) is 3.30. The minimum atomic E-state index is -1.30. The van der Waals surface area contributed by atoms with Gasteiger partial charge in [-0.2, -0.15) is 0 Å². The Kier molecular flexibility index (Phi) is 8.15. The highest BCUT2D eigenvalue weighted by molar-refractivity contribution is 7.65. The second kappa shape index (κ2) is 12.7. The Bertz CT molecular complexity index is 2150. The molecule has 1 aliphatic heterocycles. The van der Waals surface area contributed by atoms with Crippen LogP contribution in [0.4, 0.5) is 0 Å². The first-order chi connectivity index (χ1) is 23.1. The molecule has 1 heterocycles. The number of ether oxygens (including phenoxy) is 1. The molecule has 8 rings (SSSR count). The second-order valence-corrected chi connectivity index (χ2v) is 19.8. The Hall–Kier alpha value is -4.28. The lowest BCUT2D eigenvalue weighted by atomic mass is 9.88. The molecule has 0 spiro atoms. The van der Waals surface area contributed by atoms with Crippen molar-refractivity contribution in [1.82, 2.24) is 0 Å².